The van der Waals surface area contributed by atoms with Gasteiger partial charge in [-0.1, -0.05) is 42.5 Å². The smallest absolute Gasteiger partial charge is 0.317 e. The van der Waals surface area contributed by atoms with Crippen LogP contribution in [0.3, 0.4) is 0 Å². The quantitative estimate of drug-likeness (QED) is 0.847. The van der Waals surface area contributed by atoms with Crippen LogP contribution >= 0.6 is 0 Å². The summed E-state index contributed by atoms with van der Waals surface area (Å²) in [6.07, 6.45) is 0.861. The molecule has 2 aromatic carbocycles. The molecule has 2 fully saturated rings. The second kappa shape index (κ2) is 9.65. The first-order valence-electron chi connectivity index (χ1n) is 10.5. The second-order valence-corrected chi connectivity index (χ2v) is 7.53. The highest BCUT2D eigenvalue weighted by Crippen LogP contribution is 2.30. The van der Waals surface area contributed by atoms with Gasteiger partial charge in [-0.15, -0.1) is 0 Å². The molecule has 2 heterocycles. The Labute approximate surface area is 173 Å². The number of para-hydroxylation sites is 2. The Balaban J connectivity index is 1.29. The van der Waals surface area contributed by atoms with Gasteiger partial charge in [-0.2, -0.15) is 0 Å². The van der Waals surface area contributed by atoms with Crippen LogP contribution in [-0.4, -0.2) is 70.0 Å². The van der Waals surface area contributed by atoms with E-state index in [2.05, 4.69) is 51.5 Å². The van der Waals surface area contributed by atoms with E-state index in [1.54, 1.807) is 0 Å². The Morgan fingerprint density at radius 1 is 0.793 bits per heavy atom. The summed E-state index contributed by atoms with van der Waals surface area (Å²) in [6, 6.07) is 18.9. The van der Waals surface area contributed by atoms with Gasteiger partial charge < -0.3 is 24.8 Å². The number of carbonyl (C=O) groups excluding carboxylic acids is 1. The lowest BCUT2D eigenvalue weighted by Crippen LogP contribution is -2.52. The van der Waals surface area contributed by atoms with Crippen molar-refractivity contribution in [1.29, 1.82) is 0 Å². The maximum atomic E-state index is 12.5. The third-order valence-electron chi connectivity index (χ3n) is 5.67. The molecule has 6 heteroatoms. The van der Waals surface area contributed by atoms with Crippen LogP contribution in [0, 0.1) is 0 Å². The van der Waals surface area contributed by atoms with Crippen LogP contribution in [0.5, 0.6) is 0 Å². The number of amides is 2. The van der Waals surface area contributed by atoms with E-state index in [4.69, 9.17) is 4.74 Å². The van der Waals surface area contributed by atoms with E-state index in [0.29, 0.717) is 6.54 Å². The highest BCUT2D eigenvalue weighted by Gasteiger charge is 2.24. The van der Waals surface area contributed by atoms with Gasteiger partial charge in [0.1, 0.15) is 0 Å². The fourth-order valence-corrected chi connectivity index (χ4v) is 4.02. The summed E-state index contributed by atoms with van der Waals surface area (Å²) in [5, 5.41) is 3.06. The highest BCUT2D eigenvalue weighted by atomic mass is 16.5. The van der Waals surface area contributed by atoms with Crippen LogP contribution < -0.4 is 15.1 Å². The van der Waals surface area contributed by atoms with Crippen molar-refractivity contribution >= 4 is 17.4 Å². The third-order valence-corrected chi connectivity index (χ3v) is 5.67. The van der Waals surface area contributed by atoms with Gasteiger partial charge in [0.2, 0.25) is 0 Å². The Kier molecular flexibility index (Phi) is 6.52. The molecule has 0 aliphatic carbocycles. The number of rotatable bonds is 5. The summed E-state index contributed by atoms with van der Waals surface area (Å²) >= 11 is 0. The van der Waals surface area contributed by atoms with Crippen molar-refractivity contribution in [2.75, 3.05) is 68.8 Å². The number of ether oxygens (including phenoxy) is 1. The zero-order valence-electron chi connectivity index (χ0n) is 16.9. The van der Waals surface area contributed by atoms with Crippen molar-refractivity contribution in [3.63, 3.8) is 0 Å². The SMILES string of the molecule is O=C(NCCc1ccccc1)N1CCN(c2ccccc2N2CCOCC2)CC1. The number of nitrogens with zero attached hydrogens (tertiary/aromatic N) is 3. The molecule has 6 nitrogen and oxygen atoms in total. The van der Waals surface area contributed by atoms with Crippen LogP contribution in [0.2, 0.25) is 0 Å². The first-order valence-corrected chi connectivity index (χ1v) is 10.5. The molecule has 2 amide bonds. The average molecular weight is 395 g/mol. The average Bonchev–Trinajstić information content (AvgIpc) is 2.80. The van der Waals surface area contributed by atoms with Crippen LogP contribution in [0.15, 0.2) is 54.6 Å². The fourth-order valence-electron chi connectivity index (χ4n) is 4.02. The molecule has 0 unspecified atom stereocenters. The summed E-state index contributed by atoms with van der Waals surface area (Å²) in [5.74, 6) is 0. The number of morpholine rings is 1. The molecule has 1 N–H and O–H groups in total. The number of piperazine rings is 1. The van der Waals surface area contributed by atoms with Crippen LogP contribution in [0.25, 0.3) is 0 Å². The molecule has 0 spiro atoms. The number of benzene rings is 2. The largest absolute Gasteiger partial charge is 0.378 e. The lowest BCUT2D eigenvalue weighted by Gasteiger charge is -2.39. The van der Waals surface area contributed by atoms with Crippen LogP contribution in [-0.2, 0) is 11.2 Å². The predicted octanol–water partition coefficient (Wildman–Crippen LogP) is 2.60. The zero-order chi connectivity index (χ0) is 19.9. The minimum Gasteiger partial charge on any atom is -0.378 e. The van der Waals surface area contributed by atoms with Crippen molar-refractivity contribution in [3.8, 4) is 0 Å². The molecule has 4 rings (SSSR count). The number of hydrogen-bond acceptors (Lipinski definition) is 4. The molecular formula is C23H30N4O2. The van der Waals surface area contributed by atoms with E-state index in [1.807, 2.05) is 23.1 Å². The van der Waals surface area contributed by atoms with E-state index < -0.39 is 0 Å². The normalized spacial score (nSPS) is 17.3. The molecule has 2 aromatic rings. The minimum atomic E-state index is 0.0436. The summed E-state index contributed by atoms with van der Waals surface area (Å²) in [4.78, 5) is 19.3. The number of nitrogens with one attached hydrogen (secondary N) is 1. The summed E-state index contributed by atoms with van der Waals surface area (Å²) in [6.45, 7) is 7.30. The third kappa shape index (κ3) is 5.01. The van der Waals surface area contributed by atoms with Crippen LogP contribution in [0.1, 0.15) is 5.56 Å². The van der Waals surface area contributed by atoms with E-state index in [-0.39, 0.29) is 6.03 Å². The van der Waals surface area contributed by atoms with Crippen molar-refractivity contribution in [1.82, 2.24) is 10.2 Å². The van der Waals surface area contributed by atoms with Gasteiger partial charge in [-0.05, 0) is 24.1 Å². The Morgan fingerprint density at radius 3 is 2.03 bits per heavy atom. The van der Waals surface area contributed by atoms with Gasteiger partial charge in [0, 0.05) is 45.8 Å². The molecule has 0 bridgehead atoms. The Morgan fingerprint density at radius 2 is 1.38 bits per heavy atom. The lowest BCUT2D eigenvalue weighted by atomic mass is 10.1. The lowest BCUT2D eigenvalue weighted by molar-refractivity contribution is 0.122. The summed E-state index contributed by atoms with van der Waals surface area (Å²) in [5.41, 5.74) is 3.78. The van der Waals surface area contributed by atoms with Crippen molar-refractivity contribution in [3.05, 3.63) is 60.2 Å². The van der Waals surface area contributed by atoms with Gasteiger partial charge >= 0.3 is 6.03 Å². The Bertz CT molecular complexity index is 784. The van der Waals surface area contributed by atoms with Crippen molar-refractivity contribution in [2.45, 2.75) is 6.42 Å². The number of anilines is 2. The molecule has 29 heavy (non-hydrogen) atoms. The van der Waals surface area contributed by atoms with Gasteiger partial charge in [0.25, 0.3) is 0 Å². The molecule has 0 saturated carbocycles. The Hall–Kier alpha value is -2.73. The highest BCUT2D eigenvalue weighted by molar-refractivity contribution is 5.75. The monoisotopic (exact) mass is 394 g/mol. The first-order chi connectivity index (χ1) is 14.3. The number of carbonyl (C=O) groups is 1. The molecular weight excluding hydrogens is 364 g/mol. The first kappa shape index (κ1) is 19.6. The van der Waals surface area contributed by atoms with Crippen molar-refractivity contribution < 1.29 is 9.53 Å². The summed E-state index contributed by atoms with van der Waals surface area (Å²) in [7, 11) is 0. The van der Waals surface area contributed by atoms with Gasteiger partial charge in [-0.25, -0.2) is 4.79 Å². The topological polar surface area (TPSA) is 48.1 Å². The van der Waals surface area contributed by atoms with E-state index in [0.717, 1.165) is 58.9 Å². The number of urea groups is 1. The second-order valence-electron chi connectivity index (χ2n) is 7.53. The standard InChI is InChI=1S/C23H30N4O2/c28-23(24-11-10-20-6-2-1-3-7-20)27-14-12-25(13-15-27)21-8-4-5-9-22(21)26-16-18-29-19-17-26/h1-9H,10-19H2,(H,24,28). The van der Waals surface area contributed by atoms with Crippen molar-refractivity contribution in [2.24, 2.45) is 0 Å². The van der Waals surface area contributed by atoms with E-state index in [1.165, 1.54) is 16.9 Å². The van der Waals surface area contributed by atoms with E-state index in [9.17, 15) is 4.79 Å². The molecule has 0 aromatic heterocycles. The van der Waals surface area contributed by atoms with Gasteiger partial charge in [0.15, 0.2) is 0 Å². The maximum absolute atomic E-state index is 12.5. The van der Waals surface area contributed by atoms with E-state index >= 15 is 0 Å². The number of hydrogen-bond donors (Lipinski definition) is 1. The predicted molar refractivity (Wildman–Crippen MR) is 117 cm³/mol. The zero-order valence-corrected chi connectivity index (χ0v) is 16.9. The summed E-state index contributed by atoms with van der Waals surface area (Å²) < 4.78 is 5.50. The fraction of sp³-hybridized carbons (Fsp3) is 0.435. The van der Waals surface area contributed by atoms with Gasteiger partial charge in [0.05, 0.1) is 24.6 Å². The molecule has 2 aliphatic rings. The molecule has 0 atom stereocenters. The molecule has 2 saturated heterocycles. The van der Waals surface area contributed by atoms with Gasteiger partial charge in [-0.3, -0.25) is 0 Å². The molecule has 2 aliphatic heterocycles. The van der Waals surface area contributed by atoms with Crippen LogP contribution in [0.4, 0.5) is 16.2 Å². The molecule has 0 radical (unpaired) electrons. The molecule has 154 valence electrons. The maximum Gasteiger partial charge on any atom is 0.317 e. The minimum absolute atomic E-state index is 0.0436.